The zero-order valence-corrected chi connectivity index (χ0v) is 12.6. The van der Waals surface area contributed by atoms with E-state index in [0.29, 0.717) is 13.2 Å². The third kappa shape index (κ3) is 5.92. The van der Waals surface area contributed by atoms with Gasteiger partial charge in [0.2, 0.25) is 0 Å². The fourth-order valence-corrected chi connectivity index (χ4v) is 2.03. The molecular formula is C13H17NO6S. The topological polar surface area (TPSA) is 98.8 Å². The summed E-state index contributed by atoms with van der Waals surface area (Å²) in [4.78, 5) is 23.1. The maximum atomic E-state index is 11.7. The second-order valence-electron chi connectivity index (χ2n) is 4.22. The molecule has 8 heteroatoms. The van der Waals surface area contributed by atoms with E-state index in [0.717, 1.165) is 6.26 Å². The minimum Gasteiger partial charge on any atom is -0.452 e. The van der Waals surface area contributed by atoms with Crippen LogP contribution in [0.3, 0.4) is 0 Å². The summed E-state index contributed by atoms with van der Waals surface area (Å²) in [6, 6.07) is 5.29. The Morgan fingerprint density at radius 2 is 1.81 bits per heavy atom. The maximum Gasteiger partial charge on any atom is 0.338 e. The van der Waals surface area contributed by atoms with E-state index in [1.807, 2.05) is 0 Å². The average Bonchev–Trinajstić information content (AvgIpc) is 2.44. The molecule has 7 nitrogen and oxygen atoms in total. The summed E-state index contributed by atoms with van der Waals surface area (Å²) in [6.45, 7) is 0.291. The molecule has 0 fully saturated rings. The highest BCUT2D eigenvalue weighted by Gasteiger charge is 2.12. The minimum atomic E-state index is -3.31. The van der Waals surface area contributed by atoms with E-state index in [1.54, 1.807) is 0 Å². The molecule has 1 rings (SSSR count). The second kappa shape index (κ2) is 7.75. The van der Waals surface area contributed by atoms with E-state index in [2.05, 4.69) is 5.32 Å². The van der Waals surface area contributed by atoms with Crippen LogP contribution >= 0.6 is 0 Å². The molecule has 1 N–H and O–H groups in total. The van der Waals surface area contributed by atoms with Gasteiger partial charge in [0.05, 0.1) is 17.1 Å². The van der Waals surface area contributed by atoms with Gasteiger partial charge in [-0.3, -0.25) is 4.79 Å². The Morgan fingerprint density at radius 3 is 2.33 bits per heavy atom. The van der Waals surface area contributed by atoms with Gasteiger partial charge in [-0.25, -0.2) is 13.2 Å². The molecule has 0 atom stereocenters. The van der Waals surface area contributed by atoms with Crippen molar-refractivity contribution in [2.45, 2.75) is 4.90 Å². The fraction of sp³-hybridized carbons (Fsp3) is 0.385. The van der Waals surface area contributed by atoms with Gasteiger partial charge in [-0.1, -0.05) is 0 Å². The molecule has 0 unspecified atom stereocenters. The van der Waals surface area contributed by atoms with Crippen LogP contribution in [0.1, 0.15) is 10.4 Å². The molecule has 0 aliphatic heterocycles. The Bertz CT molecular complexity index is 594. The Morgan fingerprint density at radius 1 is 1.19 bits per heavy atom. The number of ether oxygens (including phenoxy) is 2. The molecule has 0 saturated carbocycles. The molecule has 0 aliphatic carbocycles. The molecule has 1 aromatic rings. The Balaban J connectivity index is 2.51. The molecule has 0 radical (unpaired) electrons. The Labute approximate surface area is 123 Å². The van der Waals surface area contributed by atoms with E-state index in [1.165, 1.54) is 31.4 Å². The van der Waals surface area contributed by atoms with E-state index in [9.17, 15) is 18.0 Å². The van der Waals surface area contributed by atoms with Gasteiger partial charge in [-0.2, -0.15) is 0 Å². The van der Waals surface area contributed by atoms with Crippen molar-refractivity contribution in [3.8, 4) is 0 Å². The maximum absolute atomic E-state index is 11.7. The smallest absolute Gasteiger partial charge is 0.338 e. The molecule has 0 bridgehead atoms. The van der Waals surface area contributed by atoms with Crippen LogP contribution in [0, 0.1) is 0 Å². The molecule has 116 valence electrons. The molecule has 0 aliphatic rings. The predicted octanol–water partition coefficient (Wildman–Crippen LogP) is 0.00950. The molecule has 1 amide bonds. The van der Waals surface area contributed by atoms with Gasteiger partial charge < -0.3 is 14.8 Å². The largest absolute Gasteiger partial charge is 0.452 e. The number of hydrogen-bond acceptors (Lipinski definition) is 6. The number of carbonyl (C=O) groups excluding carboxylic acids is 2. The number of carbonyl (C=O) groups is 2. The van der Waals surface area contributed by atoms with Gasteiger partial charge in [0, 0.05) is 19.9 Å². The number of hydrogen-bond donors (Lipinski definition) is 1. The van der Waals surface area contributed by atoms with Gasteiger partial charge in [0.1, 0.15) is 0 Å². The Hall–Kier alpha value is -1.93. The second-order valence-corrected chi connectivity index (χ2v) is 6.23. The van der Waals surface area contributed by atoms with Crippen molar-refractivity contribution >= 4 is 21.7 Å². The van der Waals surface area contributed by atoms with Crippen molar-refractivity contribution in [3.05, 3.63) is 29.8 Å². The zero-order valence-electron chi connectivity index (χ0n) is 11.8. The molecule has 1 aromatic carbocycles. The number of methoxy groups -OCH3 is 1. The minimum absolute atomic E-state index is 0.108. The first-order valence-corrected chi connectivity index (χ1v) is 7.96. The summed E-state index contributed by atoms with van der Waals surface area (Å²) in [5, 5.41) is 2.50. The first-order chi connectivity index (χ1) is 9.84. The summed E-state index contributed by atoms with van der Waals surface area (Å²) < 4.78 is 32.1. The van der Waals surface area contributed by atoms with Crippen LogP contribution in [-0.4, -0.2) is 53.4 Å². The van der Waals surface area contributed by atoms with Crippen LogP contribution in [0.5, 0.6) is 0 Å². The van der Waals surface area contributed by atoms with Crippen molar-refractivity contribution in [1.29, 1.82) is 0 Å². The van der Waals surface area contributed by atoms with Gasteiger partial charge in [-0.15, -0.1) is 0 Å². The lowest BCUT2D eigenvalue weighted by Gasteiger charge is -2.06. The van der Waals surface area contributed by atoms with Crippen molar-refractivity contribution in [2.75, 3.05) is 33.1 Å². The standard InChI is InChI=1S/C13H17NO6S/c1-19-8-7-14-12(15)9-20-13(16)10-3-5-11(6-4-10)21(2,17)18/h3-6H,7-9H2,1-2H3,(H,14,15). The normalized spacial score (nSPS) is 11.0. The summed E-state index contributed by atoms with van der Waals surface area (Å²) in [6.07, 6.45) is 1.07. The number of benzene rings is 1. The van der Waals surface area contributed by atoms with Crippen LogP contribution < -0.4 is 5.32 Å². The van der Waals surface area contributed by atoms with Crippen LogP contribution in [0.2, 0.25) is 0 Å². The molecular weight excluding hydrogens is 298 g/mol. The summed E-state index contributed by atoms with van der Waals surface area (Å²) in [7, 11) is -1.81. The summed E-state index contributed by atoms with van der Waals surface area (Å²) in [5.41, 5.74) is 0.173. The van der Waals surface area contributed by atoms with Gasteiger partial charge in [0.25, 0.3) is 5.91 Å². The van der Waals surface area contributed by atoms with Crippen LogP contribution in [0.25, 0.3) is 0 Å². The quantitative estimate of drug-likeness (QED) is 0.562. The van der Waals surface area contributed by atoms with Gasteiger partial charge >= 0.3 is 5.97 Å². The van der Waals surface area contributed by atoms with E-state index < -0.39 is 28.3 Å². The highest BCUT2D eigenvalue weighted by molar-refractivity contribution is 7.90. The summed E-state index contributed by atoms with van der Waals surface area (Å²) in [5.74, 6) is -1.13. The molecule has 21 heavy (non-hydrogen) atoms. The van der Waals surface area contributed by atoms with Crippen molar-refractivity contribution < 1.29 is 27.5 Å². The lowest BCUT2D eigenvalue weighted by atomic mass is 10.2. The van der Waals surface area contributed by atoms with Gasteiger partial charge in [0.15, 0.2) is 16.4 Å². The van der Waals surface area contributed by atoms with E-state index >= 15 is 0 Å². The first kappa shape index (κ1) is 17.1. The number of amides is 1. The lowest BCUT2D eigenvalue weighted by molar-refractivity contribution is -0.124. The molecule has 0 aromatic heterocycles. The van der Waals surface area contributed by atoms with Gasteiger partial charge in [-0.05, 0) is 24.3 Å². The number of sulfone groups is 1. The fourth-order valence-electron chi connectivity index (χ4n) is 1.40. The first-order valence-electron chi connectivity index (χ1n) is 6.07. The lowest BCUT2D eigenvalue weighted by Crippen LogP contribution is -2.31. The average molecular weight is 315 g/mol. The van der Waals surface area contributed by atoms with E-state index in [4.69, 9.17) is 9.47 Å². The molecule has 0 saturated heterocycles. The monoisotopic (exact) mass is 315 g/mol. The summed E-state index contributed by atoms with van der Waals surface area (Å²) >= 11 is 0. The zero-order chi connectivity index (χ0) is 15.9. The van der Waals surface area contributed by atoms with Crippen molar-refractivity contribution in [3.63, 3.8) is 0 Å². The van der Waals surface area contributed by atoms with Crippen molar-refractivity contribution in [1.82, 2.24) is 5.32 Å². The molecule has 0 heterocycles. The van der Waals surface area contributed by atoms with Crippen LogP contribution in [-0.2, 0) is 24.1 Å². The Kier molecular flexibility index (Phi) is 6.32. The highest BCUT2D eigenvalue weighted by atomic mass is 32.2. The van der Waals surface area contributed by atoms with Crippen LogP contribution in [0.15, 0.2) is 29.2 Å². The third-order valence-electron chi connectivity index (χ3n) is 2.48. The third-order valence-corrected chi connectivity index (χ3v) is 3.61. The van der Waals surface area contributed by atoms with E-state index in [-0.39, 0.29) is 10.5 Å². The number of rotatable bonds is 7. The van der Waals surface area contributed by atoms with Crippen LogP contribution in [0.4, 0.5) is 0 Å². The predicted molar refractivity (Wildman–Crippen MR) is 74.7 cm³/mol. The number of nitrogens with one attached hydrogen (secondary N) is 1. The number of esters is 1. The highest BCUT2D eigenvalue weighted by Crippen LogP contribution is 2.11. The SMILES string of the molecule is COCCNC(=O)COC(=O)c1ccc(S(C)(=O)=O)cc1. The van der Waals surface area contributed by atoms with Crippen molar-refractivity contribution in [2.24, 2.45) is 0 Å². The molecule has 0 spiro atoms.